The number of esters is 1. The summed E-state index contributed by atoms with van der Waals surface area (Å²) in [6, 6.07) is 8.38. The lowest BCUT2D eigenvalue weighted by Crippen LogP contribution is -2.52. The smallest absolute Gasteiger partial charge is 0.343 e. The zero-order valence-electron chi connectivity index (χ0n) is 42.6. The van der Waals surface area contributed by atoms with Crippen molar-refractivity contribution in [3.8, 4) is 0 Å². The van der Waals surface area contributed by atoms with Gasteiger partial charge in [0.2, 0.25) is 35.4 Å². The number of unbranched alkanes of at least 4 members (excludes halogenated alkanes) is 2. The van der Waals surface area contributed by atoms with Gasteiger partial charge < -0.3 is 51.4 Å². The molecule has 77 heavy (non-hydrogen) atoms. The molecule has 406 valence electrons. The quantitative estimate of drug-likeness (QED) is 0.0212. The minimum Gasteiger partial charge on any atom is -0.459 e. The van der Waals surface area contributed by atoms with Crippen LogP contribution in [-0.4, -0.2) is 143 Å². The van der Waals surface area contributed by atoms with Crippen LogP contribution in [0.4, 0.5) is 4.39 Å². The van der Waals surface area contributed by atoms with Gasteiger partial charge in [0.05, 0.1) is 49.0 Å². The second kappa shape index (κ2) is 24.2. The molecule has 8 rings (SSSR count). The van der Waals surface area contributed by atoms with Crippen molar-refractivity contribution >= 4 is 75.6 Å². The van der Waals surface area contributed by atoms with Crippen LogP contribution in [0.2, 0.25) is 0 Å². The number of Topliss-reactive ketones (excluding diaryl/α,β-unsaturated/α-hetero) is 1. The lowest BCUT2D eigenvalue weighted by molar-refractivity contribution is -0.163. The number of nitrogens with one attached hydrogen (secondary N) is 6. The first-order chi connectivity index (χ1) is 36.9. The van der Waals surface area contributed by atoms with E-state index in [4.69, 9.17) is 14.5 Å². The van der Waals surface area contributed by atoms with Crippen LogP contribution in [0.1, 0.15) is 91.4 Å². The molecule has 2 aromatic carbocycles. The van der Waals surface area contributed by atoms with Crippen LogP contribution in [0.15, 0.2) is 65.8 Å². The number of benzene rings is 2. The van der Waals surface area contributed by atoms with Crippen molar-refractivity contribution in [2.45, 2.75) is 95.9 Å². The number of hydrogen-bond acceptors (Lipinski definition) is 15. The van der Waals surface area contributed by atoms with Crippen molar-refractivity contribution in [2.24, 2.45) is 0 Å². The van der Waals surface area contributed by atoms with E-state index in [9.17, 15) is 53.1 Å². The van der Waals surface area contributed by atoms with Crippen molar-refractivity contribution in [3.05, 3.63) is 105 Å². The third-order valence-corrected chi connectivity index (χ3v) is 14.2. The predicted octanol–water partition coefficient (Wildman–Crippen LogP) is 0.561. The fourth-order valence-corrected chi connectivity index (χ4v) is 10.1. The van der Waals surface area contributed by atoms with Crippen LogP contribution in [0.25, 0.3) is 16.6 Å². The average Bonchev–Trinajstić information content (AvgIpc) is 3.95. The van der Waals surface area contributed by atoms with Gasteiger partial charge >= 0.3 is 5.97 Å². The van der Waals surface area contributed by atoms with Crippen LogP contribution in [0.3, 0.4) is 0 Å². The van der Waals surface area contributed by atoms with Gasteiger partial charge in [-0.1, -0.05) is 43.7 Å². The minimum atomic E-state index is -1.83. The molecule has 0 unspecified atom stereocenters. The Morgan fingerprint density at radius 2 is 1.60 bits per heavy atom. The predicted molar refractivity (Wildman–Crippen MR) is 271 cm³/mol. The van der Waals surface area contributed by atoms with Gasteiger partial charge in [0, 0.05) is 67.2 Å². The number of rotatable bonds is 24. The number of fused-ring (bicyclic) bond motifs is 4. The normalized spacial score (nSPS) is 18.4. The zero-order chi connectivity index (χ0) is 55.0. The van der Waals surface area contributed by atoms with E-state index in [0.29, 0.717) is 78.8 Å². The van der Waals surface area contributed by atoms with E-state index < -0.39 is 110 Å². The molecule has 22 nitrogen and oxygen atoms in total. The Labute approximate surface area is 441 Å². The van der Waals surface area contributed by atoms with Crippen molar-refractivity contribution in [1.29, 1.82) is 0 Å². The highest BCUT2D eigenvalue weighted by Gasteiger charge is 2.47. The lowest BCUT2D eigenvalue weighted by Gasteiger charge is -2.37. The molecule has 0 saturated carbocycles. The molecule has 5 aliphatic rings. The van der Waals surface area contributed by atoms with Crippen LogP contribution < -0.4 is 31.9 Å². The number of ether oxygens (including phenoxy) is 2. The van der Waals surface area contributed by atoms with Gasteiger partial charge in [0.25, 0.3) is 11.8 Å². The van der Waals surface area contributed by atoms with E-state index in [1.54, 1.807) is 50.3 Å². The summed E-state index contributed by atoms with van der Waals surface area (Å²) in [6.45, 7) is 2.00. The zero-order valence-corrected chi connectivity index (χ0v) is 42.6. The average molecular weight is 1060 g/mol. The first kappa shape index (κ1) is 55.1. The Bertz CT molecular complexity index is 3010. The number of aromatic nitrogens is 1. The van der Waals surface area contributed by atoms with Crippen LogP contribution in [0.5, 0.6) is 0 Å². The van der Waals surface area contributed by atoms with Gasteiger partial charge in [-0.2, -0.15) is 0 Å². The van der Waals surface area contributed by atoms with Gasteiger partial charge in [0.1, 0.15) is 31.8 Å². The molecule has 0 saturated heterocycles. The van der Waals surface area contributed by atoms with Crippen LogP contribution >= 0.6 is 0 Å². The molecule has 1 aromatic heterocycles. The molecule has 23 heteroatoms. The third kappa shape index (κ3) is 12.7. The highest BCUT2D eigenvalue weighted by atomic mass is 19.1. The molecule has 0 fully saturated rings. The Morgan fingerprint density at radius 3 is 2.35 bits per heavy atom. The Balaban J connectivity index is 0.772. The highest BCUT2D eigenvalue weighted by molar-refractivity contribution is 6.12. The van der Waals surface area contributed by atoms with E-state index in [2.05, 4.69) is 31.9 Å². The molecule has 5 heterocycles. The van der Waals surface area contributed by atoms with Gasteiger partial charge in [-0.25, -0.2) is 14.2 Å². The topological polar surface area (TPSA) is 301 Å². The lowest BCUT2D eigenvalue weighted by atomic mass is 9.81. The maximum Gasteiger partial charge on any atom is 0.343 e. The van der Waals surface area contributed by atoms with Gasteiger partial charge in [-0.15, -0.1) is 0 Å². The molecule has 0 radical (unpaired) electrons. The number of nitrogens with zero attached hydrogens (tertiary/aromatic N) is 3. The number of pyridine rings is 1. The summed E-state index contributed by atoms with van der Waals surface area (Å²) in [5.41, 5.74) is 4.52. The summed E-state index contributed by atoms with van der Waals surface area (Å²) in [5, 5.41) is 27.4. The number of carbonyl (C=O) groups excluding carboxylic acids is 10. The number of carbonyl (C=O) groups is 10. The largest absolute Gasteiger partial charge is 0.459 e. The van der Waals surface area contributed by atoms with Crippen molar-refractivity contribution in [2.75, 3.05) is 52.7 Å². The Hall–Kier alpha value is -8.18. The minimum absolute atomic E-state index is 0.0320. The number of imide groups is 1. The molecule has 7 N–H and O–H groups in total. The number of halogens is 1. The highest BCUT2D eigenvalue weighted by Crippen LogP contribution is 2.48. The first-order valence-corrected chi connectivity index (χ1v) is 25.5. The van der Waals surface area contributed by atoms with Crippen molar-refractivity contribution in [3.63, 3.8) is 0 Å². The summed E-state index contributed by atoms with van der Waals surface area (Å²) in [7, 11) is 0. The van der Waals surface area contributed by atoms with Gasteiger partial charge in [-0.05, 0) is 72.9 Å². The second-order valence-corrected chi connectivity index (χ2v) is 19.4. The molecule has 3 atom stereocenters. The molecule has 0 spiro atoms. The Kier molecular flexibility index (Phi) is 17.3. The molecule has 8 amide bonds. The Morgan fingerprint density at radius 1 is 0.883 bits per heavy atom. The number of aryl methyl sites for hydroxylation is 1. The van der Waals surface area contributed by atoms with Crippen molar-refractivity contribution in [1.82, 2.24) is 46.7 Å². The molecule has 4 aliphatic heterocycles. The molecule has 3 aromatic rings. The summed E-state index contributed by atoms with van der Waals surface area (Å²) in [4.78, 5) is 134. The van der Waals surface area contributed by atoms with Crippen molar-refractivity contribution < 1.29 is 66.9 Å². The number of amides is 8. The SMILES string of the molecule is CC[C@@]1(O)C(=O)OCC2=C1C=C1c3nc4cc(F)c(C)c5c4c(c3CN1C2)[C@@H](NC(=O)CC(=O)COCNC(=O)CNC(=O)[C@H](Cc1ccccc1)NC(=O)CNC(=O)CNC(=O)CCCCCN1C(=O)C=CC1=O)CC5. The summed E-state index contributed by atoms with van der Waals surface area (Å²) >= 11 is 0. The van der Waals surface area contributed by atoms with E-state index in [0.717, 1.165) is 32.5 Å². The maximum absolute atomic E-state index is 15.4. The fourth-order valence-electron chi connectivity index (χ4n) is 10.1. The molecule has 0 bridgehead atoms. The molecular formula is C54H60FN9O13. The number of hydrogen-bond donors (Lipinski definition) is 7. The van der Waals surface area contributed by atoms with E-state index in [-0.39, 0.29) is 44.2 Å². The summed E-state index contributed by atoms with van der Waals surface area (Å²) in [6.07, 6.45) is 6.26. The molecule has 1 aliphatic carbocycles. The molecular weight excluding hydrogens is 1000 g/mol. The number of aliphatic hydroxyl groups is 1. The maximum atomic E-state index is 15.4. The summed E-state index contributed by atoms with van der Waals surface area (Å²) in [5.74, 6) is -6.23. The standard InChI is InChI=1S/C54H60FN9O13/c1-3-54(75)36-20-41-51-35(26-63(41)25-32(36)27-77-53(54)74)50-38(14-13-34-30(2)37(55)21-39(62-51)49(34)50)60-43(67)19-33(65)28-76-29-59-45(69)23-58-52(73)40(18-31-10-6-4-7-11-31)61-46(70)24-57-44(68)22-56-42(66)12-8-5-9-17-64-47(71)15-16-48(64)72/h4,6-7,10-11,15-16,20-21,38,40,75H,3,5,8-9,12-14,17-19,22-29H2,1-2H3,(H,56,66)(H,57,68)(H,58,73)(H,59,69)(H,60,67)(H,61,70)/t38-,40-,54-/m0/s1. The van der Waals surface area contributed by atoms with E-state index in [1.807, 2.05) is 4.90 Å². The van der Waals surface area contributed by atoms with Gasteiger partial charge in [0.15, 0.2) is 11.4 Å². The fraction of sp³-hybridized carbons (Fsp3) is 0.426. The summed E-state index contributed by atoms with van der Waals surface area (Å²) < 4.78 is 26.1. The van der Waals surface area contributed by atoms with E-state index in [1.165, 1.54) is 18.2 Å². The van der Waals surface area contributed by atoms with Crippen LogP contribution in [-0.2, 0) is 76.8 Å². The van der Waals surface area contributed by atoms with Gasteiger partial charge in [-0.3, -0.25) is 48.1 Å². The van der Waals surface area contributed by atoms with Crippen LogP contribution in [0, 0.1) is 12.7 Å². The number of ketones is 1. The first-order valence-electron chi connectivity index (χ1n) is 25.5. The third-order valence-electron chi connectivity index (χ3n) is 14.2. The monoisotopic (exact) mass is 1060 g/mol. The van der Waals surface area contributed by atoms with E-state index >= 15 is 4.39 Å². The second-order valence-electron chi connectivity index (χ2n) is 19.4. The number of cyclic esters (lactones) is 1.